The van der Waals surface area contributed by atoms with Gasteiger partial charge in [-0.1, -0.05) is 30.3 Å². The average Bonchev–Trinajstić information content (AvgIpc) is 3.10. The van der Waals surface area contributed by atoms with Crippen LogP contribution in [0.3, 0.4) is 0 Å². The van der Waals surface area contributed by atoms with Crippen LogP contribution in [0.4, 0.5) is 5.82 Å². The highest BCUT2D eigenvalue weighted by Crippen LogP contribution is 2.13. The number of hydrogen-bond acceptors (Lipinski definition) is 2. The molecule has 0 aliphatic rings. The SMILES string of the molecule is Cc1cn[nH]c1NC(=O)c1cccn1Cc1ccccc1. The summed E-state index contributed by atoms with van der Waals surface area (Å²) >= 11 is 0. The fraction of sp³-hybridized carbons (Fsp3) is 0.125. The van der Waals surface area contributed by atoms with E-state index in [4.69, 9.17) is 0 Å². The maximum atomic E-state index is 12.4. The first kappa shape index (κ1) is 13.2. The van der Waals surface area contributed by atoms with E-state index in [0.29, 0.717) is 18.1 Å². The van der Waals surface area contributed by atoms with Crippen molar-refractivity contribution < 1.29 is 4.79 Å². The molecule has 0 aliphatic heterocycles. The van der Waals surface area contributed by atoms with Crippen molar-refractivity contribution in [1.82, 2.24) is 14.8 Å². The molecule has 1 amide bonds. The van der Waals surface area contributed by atoms with Crippen LogP contribution in [0, 0.1) is 6.92 Å². The average molecular weight is 280 g/mol. The number of aryl methyl sites for hydroxylation is 1. The molecule has 1 aromatic carbocycles. The van der Waals surface area contributed by atoms with Crippen LogP contribution in [0.25, 0.3) is 0 Å². The van der Waals surface area contributed by atoms with Crippen LogP contribution >= 0.6 is 0 Å². The molecule has 0 spiro atoms. The van der Waals surface area contributed by atoms with Crippen molar-refractivity contribution in [3.05, 3.63) is 71.7 Å². The Kier molecular flexibility index (Phi) is 3.55. The third-order valence-corrected chi connectivity index (χ3v) is 3.33. The molecule has 0 bridgehead atoms. The minimum atomic E-state index is -0.150. The minimum absolute atomic E-state index is 0.150. The molecule has 0 saturated carbocycles. The quantitative estimate of drug-likeness (QED) is 0.772. The van der Waals surface area contributed by atoms with Gasteiger partial charge in [0.2, 0.25) is 0 Å². The second-order valence-corrected chi connectivity index (χ2v) is 4.89. The smallest absolute Gasteiger partial charge is 0.273 e. The number of aromatic nitrogens is 3. The molecule has 0 atom stereocenters. The molecule has 2 N–H and O–H groups in total. The number of benzene rings is 1. The first-order valence-corrected chi connectivity index (χ1v) is 6.74. The lowest BCUT2D eigenvalue weighted by Crippen LogP contribution is -2.17. The number of aromatic amines is 1. The lowest BCUT2D eigenvalue weighted by atomic mass is 10.2. The molecule has 5 nitrogen and oxygen atoms in total. The number of carbonyl (C=O) groups is 1. The molecule has 5 heteroatoms. The fourth-order valence-corrected chi connectivity index (χ4v) is 2.19. The van der Waals surface area contributed by atoms with Gasteiger partial charge in [-0.2, -0.15) is 5.10 Å². The van der Waals surface area contributed by atoms with Gasteiger partial charge in [-0.05, 0) is 24.6 Å². The number of nitrogens with one attached hydrogen (secondary N) is 2. The highest BCUT2D eigenvalue weighted by molar-refractivity contribution is 6.03. The van der Waals surface area contributed by atoms with Gasteiger partial charge in [0.25, 0.3) is 5.91 Å². The third kappa shape index (κ3) is 2.86. The maximum absolute atomic E-state index is 12.4. The van der Waals surface area contributed by atoms with E-state index < -0.39 is 0 Å². The molecule has 3 aromatic rings. The summed E-state index contributed by atoms with van der Waals surface area (Å²) in [4.78, 5) is 12.4. The first-order chi connectivity index (χ1) is 10.2. The van der Waals surface area contributed by atoms with Gasteiger partial charge < -0.3 is 9.88 Å². The van der Waals surface area contributed by atoms with Crippen LogP contribution in [0.15, 0.2) is 54.9 Å². The Morgan fingerprint density at radius 3 is 2.76 bits per heavy atom. The van der Waals surface area contributed by atoms with Crippen LogP contribution in [0.1, 0.15) is 21.6 Å². The van der Waals surface area contributed by atoms with Crippen LogP contribution in [-0.2, 0) is 6.54 Å². The van der Waals surface area contributed by atoms with Crippen molar-refractivity contribution >= 4 is 11.7 Å². The van der Waals surface area contributed by atoms with Crippen LogP contribution < -0.4 is 5.32 Å². The van der Waals surface area contributed by atoms with Crippen LogP contribution in [0.5, 0.6) is 0 Å². The van der Waals surface area contributed by atoms with Crippen molar-refractivity contribution in [3.8, 4) is 0 Å². The number of hydrogen-bond donors (Lipinski definition) is 2. The fourth-order valence-electron chi connectivity index (χ4n) is 2.19. The van der Waals surface area contributed by atoms with E-state index in [1.807, 2.05) is 60.2 Å². The molecule has 21 heavy (non-hydrogen) atoms. The third-order valence-electron chi connectivity index (χ3n) is 3.33. The molecule has 0 unspecified atom stereocenters. The molecule has 106 valence electrons. The number of carbonyl (C=O) groups excluding carboxylic acids is 1. The van der Waals surface area contributed by atoms with E-state index in [-0.39, 0.29) is 5.91 Å². The van der Waals surface area contributed by atoms with E-state index in [1.54, 1.807) is 6.20 Å². The minimum Gasteiger partial charge on any atom is -0.339 e. The summed E-state index contributed by atoms with van der Waals surface area (Å²) in [5, 5.41) is 9.52. The maximum Gasteiger partial charge on any atom is 0.273 e. The van der Waals surface area contributed by atoms with Gasteiger partial charge >= 0.3 is 0 Å². The first-order valence-electron chi connectivity index (χ1n) is 6.74. The summed E-state index contributed by atoms with van der Waals surface area (Å²) in [7, 11) is 0. The summed E-state index contributed by atoms with van der Waals surface area (Å²) in [5.74, 6) is 0.482. The molecule has 2 aromatic heterocycles. The van der Waals surface area contributed by atoms with Gasteiger partial charge in [-0.25, -0.2) is 0 Å². The van der Waals surface area contributed by atoms with Crippen molar-refractivity contribution in [1.29, 1.82) is 0 Å². The van der Waals surface area contributed by atoms with E-state index in [2.05, 4.69) is 15.5 Å². The Balaban J connectivity index is 1.79. The van der Waals surface area contributed by atoms with Crippen molar-refractivity contribution in [2.24, 2.45) is 0 Å². The summed E-state index contributed by atoms with van der Waals surface area (Å²) in [6, 6.07) is 13.7. The summed E-state index contributed by atoms with van der Waals surface area (Å²) in [6.07, 6.45) is 3.58. The number of amides is 1. The van der Waals surface area contributed by atoms with Gasteiger partial charge in [0.1, 0.15) is 11.5 Å². The molecule has 0 radical (unpaired) electrons. The van der Waals surface area contributed by atoms with E-state index in [0.717, 1.165) is 11.1 Å². The zero-order valence-electron chi connectivity index (χ0n) is 11.7. The molecule has 3 rings (SSSR count). The molecular weight excluding hydrogens is 264 g/mol. The lowest BCUT2D eigenvalue weighted by Gasteiger charge is -2.09. The molecule has 0 aliphatic carbocycles. The Hall–Kier alpha value is -2.82. The monoisotopic (exact) mass is 280 g/mol. The lowest BCUT2D eigenvalue weighted by molar-refractivity contribution is 0.101. The Bertz CT molecular complexity index is 742. The molecule has 0 saturated heterocycles. The van der Waals surface area contributed by atoms with Gasteiger partial charge in [-0.3, -0.25) is 9.89 Å². The van der Waals surface area contributed by atoms with Gasteiger partial charge in [0, 0.05) is 18.3 Å². The van der Waals surface area contributed by atoms with Crippen molar-refractivity contribution in [3.63, 3.8) is 0 Å². The second-order valence-electron chi connectivity index (χ2n) is 4.89. The highest BCUT2D eigenvalue weighted by Gasteiger charge is 2.13. The zero-order valence-corrected chi connectivity index (χ0v) is 11.7. The number of rotatable bonds is 4. The Morgan fingerprint density at radius 1 is 1.24 bits per heavy atom. The van der Waals surface area contributed by atoms with Gasteiger partial charge in [-0.15, -0.1) is 0 Å². The summed E-state index contributed by atoms with van der Waals surface area (Å²) in [5.41, 5.74) is 2.68. The van der Waals surface area contributed by atoms with Gasteiger partial charge in [0.05, 0.1) is 6.20 Å². The standard InChI is InChI=1S/C16H16N4O/c1-12-10-17-19-15(12)18-16(21)14-8-5-9-20(14)11-13-6-3-2-4-7-13/h2-10H,11H2,1H3,(H2,17,18,19,21). The molecule has 2 heterocycles. The van der Waals surface area contributed by atoms with Crippen LogP contribution in [-0.4, -0.2) is 20.7 Å². The normalized spacial score (nSPS) is 10.5. The van der Waals surface area contributed by atoms with Crippen molar-refractivity contribution in [2.45, 2.75) is 13.5 Å². The summed E-state index contributed by atoms with van der Waals surface area (Å²) < 4.78 is 1.93. The number of anilines is 1. The largest absolute Gasteiger partial charge is 0.339 e. The second kappa shape index (κ2) is 5.66. The molecule has 0 fully saturated rings. The predicted octanol–water partition coefficient (Wildman–Crippen LogP) is 2.82. The van der Waals surface area contributed by atoms with Gasteiger partial charge in [0.15, 0.2) is 0 Å². The zero-order chi connectivity index (χ0) is 14.7. The Morgan fingerprint density at radius 2 is 2.05 bits per heavy atom. The predicted molar refractivity (Wildman–Crippen MR) is 81.3 cm³/mol. The number of nitrogens with zero attached hydrogens (tertiary/aromatic N) is 2. The van der Waals surface area contributed by atoms with Crippen molar-refractivity contribution in [2.75, 3.05) is 5.32 Å². The van der Waals surface area contributed by atoms with Crippen LogP contribution in [0.2, 0.25) is 0 Å². The highest BCUT2D eigenvalue weighted by atomic mass is 16.2. The Labute approximate surface area is 122 Å². The summed E-state index contributed by atoms with van der Waals surface area (Å²) in [6.45, 7) is 2.56. The van der Waals surface area contributed by atoms with E-state index in [9.17, 15) is 4.79 Å². The number of H-pyrrole nitrogens is 1. The topological polar surface area (TPSA) is 62.7 Å². The van der Waals surface area contributed by atoms with E-state index >= 15 is 0 Å². The van der Waals surface area contributed by atoms with E-state index in [1.165, 1.54) is 0 Å². The molecular formula is C16H16N4O.